The largest absolute Gasteiger partial charge is 0.292 e. The van der Waals surface area contributed by atoms with Crippen molar-refractivity contribution in [2.75, 3.05) is 13.1 Å². The lowest BCUT2D eigenvalue weighted by Gasteiger charge is -2.11. The fraction of sp³-hybridized carbons (Fsp3) is 0.920. The van der Waals surface area contributed by atoms with E-state index >= 15 is 0 Å². The summed E-state index contributed by atoms with van der Waals surface area (Å²) in [4.78, 5) is 10.1. The second kappa shape index (κ2) is 16.3. The third-order valence-electron chi connectivity index (χ3n) is 6.37. The van der Waals surface area contributed by atoms with Crippen LogP contribution in [0.4, 0.5) is 0 Å². The third-order valence-corrected chi connectivity index (χ3v) is 6.37. The van der Waals surface area contributed by atoms with E-state index in [1.807, 2.05) is 0 Å². The van der Waals surface area contributed by atoms with E-state index in [-0.39, 0.29) is 0 Å². The highest BCUT2D eigenvalue weighted by Crippen LogP contribution is 2.16. The van der Waals surface area contributed by atoms with E-state index in [0.29, 0.717) is 0 Å². The van der Waals surface area contributed by atoms with Crippen molar-refractivity contribution in [2.24, 2.45) is 9.98 Å². The Bertz CT molecular complexity index is 397. The number of rotatable bonds is 2. The monoisotopic (exact) mass is 374 g/mol. The minimum atomic E-state index is 0.898. The summed E-state index contributed by atoms with van der Waals surface area (Å²) in [6, 6.07) is 0. The summed E-state index contributed by atoms with van der Waals surface area (Å²) in [5, 5.41) is 0. The zero-order valence-electron chi connectivity index (χ0n) is 18.2. The molecule has 0 unspecified atom stereocenters. The third kappa shape index (κ3) is 12.4. The van der Waals surface area contributed by atoms with Crippen molar-refractivity contribution in [1.82, 2.24) is 0 Å². The summed E-state index contributed by atoms with van der Waals surface area (Å²) >= 11 is 0. The zero-order valence-corrected chi connectivity index (χ0v) is 18.2. The Morgan fingerprint density at radius 1 is 0.481 bits per heavy atom. The molecular weight excluding hydrogens is 328 g/mol. The summed E-state index contributed by atoms with van der Waals surface area (Å²) in [6.45, 7) is 1.94. The van der Waals surface area contributed by atoms with Crippen molar-refractivity contribution in [3.05, 3.63) is 0 Å². The molecule has 2 heteroatoms. The molecular formula is C25H46N2. The molecule has 1 aliphatic heterocycles. The second-order valence-electron chi connectivity index (χ2n) is 8.94. The molecule has 0 radical (unpaired) electrons. The minimum Gasteiger partial charge on any atom is -0.292 e. The molecule has 2 rings (SSSR count). The van der Waals surface area contributed by atoms with Crippen molar-refractivity contribution < 1.29 is 0 Å². The zero-order chi connectivity index (χ0) is 18.8. The Kier molecular flexibility index (Phi) is 13.7. The van der Waals surface area contributed by atoms with Crippen molar-refractivity contribution in [3.8, 4) is 0 Å². The highest BCUT2D eigenvalue weighted by molar-refractivity contribution is 5.91. The van der Waals surface area contributed by atoms with Crippen LogP contribution in [0.15, 0.2) is 9.98 Å². The quantitative estimate of drug-likeness (QED) is 0.466. The van der Waals surface area contributed by atoms with E-state index in [4.69, 9.17) is 9.98 Å². The first-order valence-corrected chi connectivity index (χ1v) is 12.5. The van der Waals surface area contributed by atoms with Gasteiger partial charge in [0.1, 0.15) is 0 Å². The molecule has 0 spiro atoms. The van der Waals surface area contributed by atoms with Crippen LogP contribution in [0.25, 0.3) is 0 Å². The molecule has 0 aromatic carbocycles. The lowest BCUT2D eigenvalue weighted by molar-refractivity contribution is 0.555. The lowest BCUT2D eigenvalue weighted by atomic mass is 10.00. The van der Waals surface area contributed by atoms with Gasteiger partial charge in [0.05, 0.1) is 6.54 Å². The fourth-order valence-corrected chi connectivity index (χ4v) is 4.51. The molecule has 0 N–H and O–H groups in total. The smallest absolute Gasteiger partial charge is 0.0767 e. The van der Waals surface area contributed by atoms with Gasteiger partial charge in [-0.1, -0.05) is 89.9 Å². The number of hydrogen-bond acceptors (Lipinski definition) is 2. The molecule has 27 heavy (non-hydrogen) atoms. The average Bonchev–Trinajstić information content (AvgIpc) is 2.69. The molecule has 156 valence electrons. The van der Waals surface area contributed by atoms with Gasteiger partial charge in [0.25, 0.3) is 0 Å². The molecule has 2 aliphatic rings. The van der Waals surface area contributed by atoms with Gasteiger partial charge in [0.2, 0.25) is 0 Å². The fourth-order valence-electron chi connectivity index (χ4n) is 4.51. The first kappa shape index (κ1) is 22.6. The number of nitrogens with zero attached hydrogens (tertiary/aromatic N) is 2. The second-order valence-corrected chi connectivity index (χ2v) is 8.94. The number of aliphatic imine (C=N–C) groups is 2. The Labute approximate surface area is 169 Å². The van der Waals surface area contributed by atoms with E-state index in [2.05, 4.69) is 0 Å². The van der Waals surface area contributed by atoms with E-state index < -0.39 is 0 Å². The molecule has 0 aromatic heterocycles. The van der Waals surface area contributed by atoms with Crippen LogP contribution in [0, 0.1) is 0 Å². The van der Waals surface area contributed by atoms with Gasteiger partial charge in [-0.3, -0.25) is 9.98 Å². The van der Waals surface area contributed by atoms with Gasteiger partial charge in [0.15, 0.2) is 0 Å². The predicted molar refractivity (Wildman–Crippen MR) is 122 cm³/mol. The van der Waals surface area contributed by atoms with Crippen LogP contribution in [0.2, 0.25) is 0 Å². The maximum absolute atomic E-state index is 5.11. The van der Waals surface area contributed by atoms with E-state index in [1.54, 1.807) is 0 Å². The first-order valence-electron chi connectivity index (χ1n) is 12.5. The van der Waals surface area contributed by atoms with Crippen LogP contribution in [0.5, 0.6) is 0 Å². The van der Waals surface area contributed by atoms with E-state index in [1.165, 1.54) is 146 Å². The van der Waals surface area contributed by atoms with Gasteiger partial charge < -0.3 is 0 Å². The van der Waals surface area contributed by atoms with Crippen molar-refractivity contribution >= 4 is 11.4 Å². The van der Waals surface area contributed by atoms with Crippen molar-refractivity contribution in [2.45, 2.75) is 135 Å². The van der Waals surface area contributed by atoms with Gasteiger partial charge in [0, 0.05) is 18.0 Å². The summed E-state index contributed by atoms with van der Waals surface area (Å²) < 4.78 is 0. The Balaban J connectivity index is 1.83. The van der Waals surface area contributed by atoms with Crippen LogP contribution < -0.4 is 0 Å². The summed E-state index contributed by atoms with van der Waals surface area (Å²) in [7, 11) is 0. The molecule has 0 amide bonds. The molecule has 1 fully saturated rings. The first-order chi connectivity index (χ1) is 13.4. The Morgan fingerprint density at radius 2 is 0.889 bits per heavy atom. The van der Waals surface area contributed by atoms with Gasteiger partial charge in [-0.2, -0.15) is 0 Å². The normalized spacial score (nSPS) is 25.5. The summed E-state index contributed by atoms with van der Waals surface area (Å²) in [5.41, 5.74) is 2.90. The van der Waals surface area contributed by atoms with Crippen LogP contribution in [0.3, 0.4) is 0 Å². The average molecular weight is 375 g/mol. The standard InChI is InChI=1S/C25H46N2/c1-3-7-11-15-19-24(20-16-12-8-4-1)27-23-25-21-17-13-9-5-2-6-10-14-18-22-26-25/h1-23H2/b26-25+. The van der Waals surface area contributed by atoms with Gasteiger partial charge in [-0.25, -0.2) is 0 Å². The minimum absolute atomic E-state index is 0.898. The molecule has 0 saturated heterocycles. The molecule has 0 atom stereocenters. The van der Waals surface area contributed by atoms with Crippen LogP contribution >= 0.6 is 0 Å². The molecule has 0 bridgehead atoms. The van der Waals surface area contributed by atoms with E-state index in [0.717, 1.165) is 13.1 Å². The van der Waals surface area contributed by atoms with Crippen LogP contribution in [-0.2, 0) is 0 Å². The molecule has 0 aromatic rings. The Hall–Kier alpha value is -0.660. The molecule has 1 saturated carbocycles. The van der Waals surface area contributed by atoms with Gasteiger partial charge in [-0.05, 0) is 44.9 Å². The lowest BCUT2D eigenvalue weighted by Crippen LogP contribution is -2.09. The van der Waals surface area contributed by atoms with Gasteiger partial charge in [-0.15, -0.1) is 0 Å². The maximum Gasteiger partial charge on any atom is 0.0767 e. The number of hydrogen-bond donors (Lipinski definition) is 0. The van der Waals surface area contributed by atoms with Gasteiger partial charge >= 0.3 is 0 Å². The molecule has 1 heterocycles. The van der Waals surface area contributed by atoms with Crippen molar-refractivity contribution in [1.29, 1.82) is 0 Å². The molecule has 1 aliphatic carbocycles. The SMILES string of the molecule is C1CCCCCC(=NC/C2=N/CCCCCCCCCCC2)CCCCC1. The topological polar surface area (TPSA) is 24.7 Å². The molecule has 2 nitrogen and oxygen atoms in total. The van der Waals surface area contributed by atoms with Crippen molar-refractivity contribution in [3.63, 3.8) is 0 Å². The highest BCUT2D eigenvalue weighted by Gasteiger charge is 2.05. The summed E-state index contributed by atoms with van der Waals surface area (Å²) in [5.74, 6) is 0. The Morgan fingerprint density at radius 3 is 1.41 bits per heavy atom. The highest BCUT2D eigenvalue weighted by atomic mass is 14.8. The summed E-state index contributed by atoms with van der Waals surface area (Å²) in [6.07, 6.45) is 28.9. The van der Waals surface area contributed by atoms with Crippen LogP contribution in [-0.4, -0.2) is 24.5 Å². The van der Waals surface area contributed by atoms with E-state index in [9.17, 15) is 0 Å². The maximum atomic E-state index is 5.11. The predicted octanol–water partition coefficient (Wildman–Crippen LogP) is 8.09. The van der Waals surface area contributed by atoms with Crippen LogP contribution in [0.1, 0.15) is 135 Å².